The molecule has 2 aromatic carbocycles. The minimum atomic E-state index is 0. The van der Waals surface area contributed by atoms with E-state index < -0.39 is 0 Å². The smallest absolute Gasteiger partial charge is 0.127 e. The van der Waals surface area contributed by atoms with E-state index in [1.54, 1.807) is 7.11 Å². The first-order chi connectivity index (χ1) is 12.2. The third-order valence-electron chi connectivity index (χ3n) is 4.96. The van der Waals surface area contributed by atoms with Crippen molar-refractivity contribution in [3.05, 3.63) is 64.2 Å². The molecule has 0 radical (unpaired) electrons. The lowest BCUT2D eigenvalue weighted by Crippen LogP contribution is -2.26. The molecule has 0 aliphatic carbocycles. The van der Waals surface area contributed by atoms with Crippen molar-refractivity contribution in [2.75, 3.05) is 33.4 Å². The van der Waals surface area contributed by atoms with Crippen molar-refractivity contribution >= 4 is 29.6 Å². The fourth-order valence-electron chi connectivity index (χ4n) is 3.70. The van der Waals surface area contributed by atoms with Gasteiger partial charge >= 0.3 is 0 Å². The number of halogens is 2. The Labute approximate surface area is 166 Å². The van der Waals surface area contributed by atoms with Crippen molar-refractivity contribution in [2.45, 2.75) is 12.8 Å². The number of benzene rings is 2. The van der Waals surface area contributed by atoms with Gasteiger partial charge in [-0.05, 0) is 73.0 Å². The molecule has 0 aromatic heterocycles. The zero-order valence-electron chi connectivity index (χ0n) is 14.8. The van der Waals surface area contributed by atoms with Crippen LogP contribution in [-0.4, -0.2) is 38.3 Å². The lowest BCUT2D eigenvalue weighted by atomic mass is 9.90. The first-order valence-corrected chi connectivity index (χ1v) is 9.14. The van der Waals surface area contributed by atoms with Gasteiger partial charge in [0, 0.05) is 17.1 Å². The number of rotatable bonds is 4. The first-order valence-electron chi connectivity index (χ1n) is 8.76. The number of methoxy groups -OCH3 is 1. The molecule has 1 saturated heterocycles. The molecule has 0 unspecified atom stereocenters. The van der Waals surface area contributed by atoms with E-state index >= 15 is 0 Å². The molecule has 0 spiro atoms. The van der Waals surface area contributed by atoms with Crippen molar-refractivity contribution in [3.8, 4) is 11.5 Å². The molecule has 2 aliphatic heterocycles. The van der Waals surface area contributed by atoms with Crippen LogP contribution in [0.25, 0.3) is 5.57 Å². The summed E-state index contributed by atoms with van der Waals surface area (Å²) in [4.78, 5) is 2.51. The predicted octanol–water partition coefficient (Wildman–Crippen LogP) is 5.06. The topological polar surface area (TPSA) is 21.7 Å². The van der Waals surface area contributed by atoms with E-state index in [2.05, 4.69) is 23.1 Å². The molecule has 4 rings (SSSR count). The summed E-state index contributed by atoms with van der Waals surface area (Å²) in [6, 6.07) is 14.1. The summed E-state index contributed by atoms with van der Waals surface area (Å²) < 4.78 is 11.5. The van der Waals surface area contributed by atoms with Crippen molar-refractivity contribution < 1.29 is 9.47 Å². The van der Waals surface area contributed by atoms with E-state index in [0.717, 1.165) is 28.6 Å². The van der Waals surface area contributed by atoms with Crippen molar-refractivity contribution in [3.63, 3.8) is 0 Å². The quantitative estimate of drug-likeness (QED) is 0.726. The molecular formula is C21H23Cl2NO2. The van der Waals surface area contributed by atoms with Crippen molar-refractivity contribution in [2.24, 2.45) is 0 Å². The maximum absolute atomic E-state index is 6.10. The minimum absolute atomic E-state index is 0. The summed E-state index contributed by atoms with van der Waals surface area (Å²) in [5.41, 5.74) is 4.85. The third-order valence-corrected chi connectivity index (χ3v) is 5.21. The van der Waals surface area contributed by atoms with Gasteiger partial charge in [0.2, 0.25) is 0 Å². The zero-order chi connectivity index (χ0) is 17.2. The van der Waals surface area contributed by atoms with Crippen LogP contribution >= 0.6 is 24.0 Å². The largest absolute Gasteiger partial charge is 0.497 e. The summed E-state index contributed by atoms with van der Waals surface area (Å²) in [6.07, 6.45) is 2.57. The first kappa shape index (κ1) is 19.1. The molecule has 3 nitrogen and oxygen atoms in total. The van der Waals surface area contributed by atoms with Gasteiger partial charge in [-0.1, -0.05) is 23.7 Å². The van der Waals surface area contributed by atoms with Crippen LogP contribution in [-0.2, 0) is 0 Å². The lowest BCUT2D eigenvalue weighted by molar-refractivity contribution is 0.308. The molecule has 0 N–H and O–H groups in total. The number of fused-ring (bicyclic) bond motifs is 1. The zero-order valence-corrected chi connectivity index (χ0v) is 16.4. The average Bonchev–Trinajstić information content (AvgIpc) is 3.15. The summed E-state index contributed by atoms with van der Waals surface area (Å²) in [5.74, 6) is 1.76. The molecule has 0 atom stereocenters. The van der Waals surface area contributed by atoms with Gasteiger partial charge in [-0.2, -0.15) is 0 Å². The van der Waals surface area contributed by atoms with Crippen LogP contribution in [0.2, 0.25) is 5.02 Å². The van der Waals surface area contributed by atoms with Gasteiger partial charge in [-0.25, -0.2) is 0 Å². The van der Waals surface area contributed by atoms with Gasteiger partial charge in [0.1, 0.15) is 18.1 Å². The average molecular weight is 392 g/mol. The third kappa shape index (κ3) is 3.85. The van der Waals surface area contributed by atoms with E-state index in [-0.39, 0.29) is 12.4 Å². The molecule has 5 heteroatoms. The molecule has 2 aromatic rings. The van der Waals surface area contributed by atoms with Gasteiger partial charge < -0.3 is 9.47 Å². The number of nitrogens with zero attached hydrogens (tertiary/aromatic N) is 1. The van der Waals surface area contributed by atoms with Gasteiger partial charge in [-0.3, -0.25) is 4.90 Å². The second-order valence-electron chi connectivity index (χ2n) is 6.62. The van der Waals surface area contributed by atoms with E-state index in [1.165, 1.54) is 42.6 Å². The molecule has 26 heavy (non-hydrogen) atoms. The molecule has 2 heterocycles. The Hall–Kier alpha value is -1.68. The van der Waals surface area contributed by atoms with Crippen LogP contribution in [0.15, 0.2) is 48.0 Å². The molecule has 2 aliphatic rings. The Morgan fingerprint density at radius 2 is 1.81 bits per heavy atom. The molecule has 1 fully saturated rings. The highest BCUT2D eigenvalue weighted by Crippen LogP contribution is 2.40. The molecule has 138 valence electrons. The highest BCUT2D eigenvalue weighted by Gasteiger charge is 2.24. The number of ether oxygens (including phenoxy) is 2. The maximum Gasteiger partial charge on any atom is 0.127 e. The lowest BCUT2D eigenvalue weighted by Gasteiger charge is -2.27. The molecule has 0 amide bonds. The highest BCUT2D eigenvalue weighted by atomic mass is 35.5. The second kappa shape index (κ2) is 8.34. The van der Waals surface area contributed by atoms with E-state index in [0.29, 0.717) is 6.61 Å². The van der Waals surface area contributed by atoms with Crippen LogP contribution < -0.4 is 9.47 Å². The van der Waals surface area contributed by atoms with Crippen LogP contribution in [0, 0.1) is 0 Å². The van der Waals surface area contributed by atoms with Gasteiger partial charge in [0.15, 0.2) is 0 Å². The van der Waals surface area contributed by atoms with Crippen LogP contribution in [0.3, 0.4) is 0 Å². The summed E-state index contributed by atoms with van der Waals surface area (Å²) in [6.45, 7) is 3.92. The Morgan fingerprint density at radius 1 is 1.08 bits per heavy atom. The Morgan fingerprint density at radius 3 is 2.50 bits per heavy atom. The summed E-state index contributed by atoms with van der Waals surface area (Å²) >= 11 is 6.10. The summed E-state index contributed by atoms with van der Waals surface area (Å²) in [7, 11) is 1.70. The second-order valence-corrected chi connectivity index (χ2v) is 7.06. The standard InChI is InChI=1S/C21H22ClNO2.ClH/c1-24-18-8-9-20-19(12-18)21(15-4-6-17(22)7-5-15)16(14-25-20)13-23-10-2-3-11-23;/h4-9,12H,2-3,10-11,13-14H2,1H3;1H. The fraction of sp³-hybridized carbons (Fsp3) is 0.333. The van der Waals surface area contributed by atoms with Gasteiger partial charge in [-0.15, -0.1) is 12.4 Å². The minimum Gasteiger partial charge on any atom is -0.497 e. The molecule has 0 bridgehead atoms. The van der Waals surface area contributed by atoms with Crippen LogP contribution in [0.5, 0.6) is 11.5 Å². The molecular weight excluding hydrogens is 369 g/mol. The van der Waals surface area contributed by atoms with Crippen molar-refractivity contribution in [1.29, 1.82) is 0 Å². The SMILES string of the molecule is COc1ccc2c(c1)C(c1ccc(Cl)cc1)=C(CN1CCCC1)CO2.Cl. The predicted molar refractivity (Wildman–Crippen MR) is 109 cm³/mol. The normalized spacial score (nSPS) is 16.7. The van der Waals surface area contributed by atoms with E-state index in [1.807, 2.05) is 24.3 Å². The molecule has 0 saturated carbocycles. The number of likely N-dealkylation sites (tertiary alicyclic amines) is 1. The Bertz CT molecular complexity index is 796. The number of hydrogen-bond acceptors (Lipinski definition) is 3. The monoisotopic (exact) mass is 391 g/mol. The maximum atomic E-state index is 6.10. The Balaban J connectivity index is 0.00000196. The van der Waals surface area contributed by atoms with Gasteiger partial charge in [0.25, 0.3) is 0 Å². The fourth-order valence-corrected chi connectivity index (χ4v) is 3.82. The van der Waals surface area contributed by atoms with Crippen LogP contribution in [0.1, 0.15) is 24.0 Å². The summed E-state index contributed by atoms with van der Waals surface area (Å²) in [5, 5.41) is 0.753. The van der Waals surface area contributed by atoms with E-state index in [9.17, 15) is 0 Å². The van der Waals surface area contributed by atoms with Crippen molar-refractivity contribution in [1.82, 2.24) is 4.90 Å². The number of hydrogen-bond donors (Lipinski definition) is 0. The highest BCUT2D eigenvalue weighted by molar-refractivity contribution is 6.30. The van der Waals surface area contributed by atoms with Crippen LogP contribution in [0.4, 0.5) is 0 Å². The Kier molecular flexibility index (Phi) is 6.13. The van der Waals surface area contributed by atoms with E-state index in [4.69, 9.17) is 21.1 Å². The van der Waals surface area contributed by atoms with Gasteiger partial charge in [0.05, 0.1) is 7.11 Å².